The van der Waals surface area contributed by atoms with Crippen molar-refractivity contribution < 1.29 is 5.11 Å². The fourth-order valence-corrected chi connectivity index (χ4v) is 3.86. The van der Waals surface area contributed by atoms with Crippen LogP contribution in [-0.2, 0) is 10.8 Å². The van der Waals surface area contributed by atoms with Gasteiger partial charge in [0, 0.05) is 5.41 Å². The second kappa shape index (κ2) is 2.98. The van der Waals surface area contributed by atoms with Crippen LogP contribution in [0, 0.1) is 0 Å². The molecular formula is C15H18O. The Morgan fingerprint density at radius 1 is 1.31 bits per heavy atom. The van der Waals surface area contributed by atoms with Gasteiger partial charge in [-0.25, -0.2) is 0 Å². The molecule has 1 fully saturated rings. The van der Waals surface area contributed by atoms with Crippen LogP contribution in [0.25, 0.3) is 0 Å². The molecule has 16 heavy (non-hydrogen) atoms. The molecule has 1 aromatic carbocycles. The summed E-state index contributed by atoms with van der Waals surface area (Å²) in [6, 6.07) is 8.71. The van der Waals surface area contributed by atoms with Gasteiger partial charge in [-0.3, -0.25) is 0 Å². The lowest BCUT2D eigenvalue weighted by Gasteiger charge is -2.31. The largest absolute Gasteiger partial charge is 0.392 e. The molecule has 0 spiro atoms. The van der Waals surface area contributed by atoms with Crippen LogP contribution < -0.4 is 0 Å². The summed E-state index contributed by atoms with van der Waals surface area (Å²) < 4.78 is 0. The topological polar surface area (TPSA) is 20.2 Å². The standard InChI is InChI=1S/C15H18O/c1-11(9-16)15-8-7-14(2,10-15)12-5-3-4-6-13(12)15/h3-6,16H,1,7-10H2,2H3. The van der Waals surface area contributed by atoms with Crippen molar-refractivity contribution in [2.24, 2.45) is 0 Å². The molecule has 1 nitrogen and oxygen atoms in total. The molecule has 0 heterocycles. The number of aliphatic hydroxyl groups excluding tert-OH is 1. The van der Waals surface area contributed by atoms with Gasteiger partial charge in [-0.2, -0.15) is 0 Å². The summed E-state index contributed by atoms with van der Waals surface area (Å²) >= 11 is 0. The van der Waals surface area contributed by atoms with Crippen molar-refractivity contribution in [3.8, 4) is 0 Å². The van der Waals surface area contributed by atoms with Gasteiger partial charge in [0.1, 0.15) is 0 Å². The van der Waals surface area contributed by atoms with Crippen molar-refractivity contribution in [3.05, 3.63) is 47.5 Å². The molecule has 0 radical (unpaired) electrons. The number of hydrogen-bond acceptors (Lipinski definition) is 1. The first-order valence-electron chi connectivity index (χ1n) is 6.01. The maximum absolute atomic E-state index is 9.42. The van der Waals surface area contributed by atoms with Crippen LogP contribution in [0.1, 0.15) is 37.3 Å². The van der Waals surface area contributed by atoms with Crippen molar-refractivity contribution >= 4 is 0 Å². The Labute approximate surface area is 96.8 Å². The molecule has 3 rings (SSSR count). The number of benzene rings is 1. The van der Waals surface area contributed by atoms with Gasteiger partial charge in [0.05, 0.1) is 6.61 Å². The van der Waals surface area contributed by atoms with Gasteiger partial charge in [-0.05, 0) is 41.4 Å². The van der Waals surface area contributed by atoms with Crippen LogP contribution in [0.5, 0.6) is 0 Å². The molecule has 2 aliphatic rings. The third kappa shape index (κ3) is 0.997. The van der Waals surface area contributed by atoms with E-state index in [-0.39, 0.29) is 12.0 Å². The molecule has 2 unspecified atom stereocenters. The first kappa shape index (κ1) is 10.1. The molecule has 1 N–H and O–H groups in total. The van der Waals surface area contributed by atoms with Crippen molar-refractivity contribution in [1.82, 2.24) is 0 Å². The zero-order valence-electron chi connectivity index (χ0n) is 9.79. The normalized spacial score (nSPS) is 35.1. The van der Waals surface area contributed by atoms with Gasteiger partial charge in [0.15, 0.2) is 0 Å². The van der Waals surface area contributed by atoms with E-state index < -0.39 is 0 Å². The highest BCUT2D eigenvalue weighted by Gasteiger charge is 2.56. The van der Waals surface area contributed by atoms with Gasteiger partial charge >= 0.3 is 0 Å². The summed E-state index contributed by atoms with van der Waals surface area (Å²) in [7, 11) is 0. The number of fused-ring (bicyclic) bond motifs is 5. The van der Waals surface area contributed by atoms with Gasteiger partial charge < -0.3 is 5.11 Å². The highest BCUT2D eigenvalue weighted by molar-refractivity contribution is 5.53. The van der Waals surface area contributed by atoms with Crippen molar-refractivity contribution in [1.29, 1.82) is 0 Å². The van der Waals surface area contributed by atoms with E-state index in [2.05, 4.69) is 37.8 Å². The van der Waals surface area contributed by atoms with Crippen molar-refractivity contribution in [2.75, 3.05) is 6.61 Å². The van der Waals surface area contributed by atoms with E-state index >= 15 is 0 Å². The first-order chi connectivity index (χ1) is 7.62. The maximum Gasteiger partial charge on any atom is 0.0647 e. The van der Waals surface area contributed by atoms with Crippen LogP contribution in [-0.4, -0.2) is 11.7 Å². The molecule has 2 bridgehead atoms. The zero-order chi connectivity index (χ0) is 11.4. The minimum atomic E-state index is 0.0695. The average Bonchev–Trinajstić information content (AvgIpc) is 2.80. The second-order valence-corrected chi connectivity index (χ2v) is 5.63. The summed E-state index contributed by atoms with van der Waals surface area (Å²) in [4.78, 5) is 0. The summed E-state index contributed by atoms with van der Waals surface area (Å²) in [6.07, 6.45) is 3.52. The highest BCUT2D eigenvalue weighted by Crippen LogP contribution is 2.62. The summed E-state index contributed by atoms with van der Waals surface area (Å²) in [5.41, 5.74) is 4.29. The van der Waals surface area contributed by atoms with E-state index in [0.717, 1.165) is 18.4 Å². The number of aliphatic hydroxyl groups is 1. The van der Waals surface area contributed by atoms with Gasteiger partial charge in [-0.1, -0.05) is 37.8 Å². The van der Waals surface area contributed by atoms with Crippen LogP contribution in [0.2, 0.25) is 0 Å². The van der Waals surface area contributed by atoms with E-state index in [0.29, 0.717) is 5.41 Å². The second-order valence-electron chi connectivity index (χ2n) is 5.63. The molecule has 0 amide bonds. The Balaban J connectivity index is 2.22. The molecular weight excluding hydrogens is 196 g/mol. The lowest BCUT2D eigenvalue weighted by molar-refractivity contribution is 0.304. The third-order valence-electron chi connectivity index (χ3n) is 4.76. The Morgan fingerprint density at radius 3 is 2.69 bits per heavy atom. The molecule has 1 heteroatoms. The summed E-state index contributed by atoms with van der Waals surface area (Å²) in [5.74, 6) is 0. The molecule has 2 aliphatic carbocycles. The molecule has 1 aromatic rings. The monoisotopic (exact) mass is 214 g/mol. The third-order valence-corrected chi connectivity index (χ3v) is 4.76. The summed E-state index contributed by atoms with van der Waals surface area (Å²) in [5, 5.41) is 9.42. The fourth-order valence-electron chi connectivity index (χ4n) is 3.86. The van der Waals surface area contributed by atoms with Gasteiger partial charge in [-0.15, -0.1) is 0 Å². The van der Waals surface area contributed by atoms with E-state index in [1.165, 1.54) is 17.5 Å². The quantitative estimate of drug-likeness (QED) is 0.750. The van der Waals surface area contributed by atoms with E-state index in [1.807, 2.05) is 0 Å². The fraction of sp³-hybridized carbons (Fsp3) is 0.467. The van der Waals surface area contributed by atoms with Crippen molar-refractivity contribution in [2.45, 2.75) is 37.0 Å². The molecule has 84 valence electrons. The molecule has 0 saturated heterocycles. The van der Waals surface area contributed by atoms with E-state index in [1.54, 1.807) is 0 Å². The van der Waals surface area contributed by atoms with Gasteiger partial charge in [0.25, 0.3) is 0 Å². The SMILES string of the molecule is C=C(CO)C12CCC(C)(C1)c1ccccc12. The minimum absolute atomic E-state index is 0.0695. The van der Waals surface area contributed by atoms with E-state index in [9.17, 15) is 5.11 Å². The maximum atomic E-state index is 9.42. The molecule has 2 atom stereocenters. The highest BCUT2D eigenvalue weighted by atomic mass is 16.3. The van der Waals surface area contributed by atoms with Crippen LogP contribution in [0.4, 0.5) is 0 Å². The lowest BCUT2D eigenvalue weighted by atomic mass is 9.74. The molecule has 0 aromatic heterocycles. The number of hydrogen-bond donors (Lipinski definition) is 1. The molecule has 0 aliphatic heterocycles. The Kier molecular flexibility index (Phi) is 1.88. The van der Waals surface area contributed by atoms with Gasteiger partial charge in [0.2, 0.25) is 0 Å². The predicted molar refractivity (Wildman–Crippen MR) is 65.5 cm³/mol. The Hall–Kier alpha value is -1.08. The minimum Gasteiger partial charge on any atom is -0.392 e. The average molecular weight is 214 g/mol. The van der Waals surface area contributed by atoms with Crippen LogP contribution >= 0.6 is 0 Å². The van der Waals surface area contributed by atoms with E-state index in [4.69, 9.17) is 0 Å². The lowest BCUT2D eigenvalue weighted by Crippen LogP contribution is -2.25. The smallest absolute Gasteiger partial charge is 0.0647 e. The van der Waals surface area contributed by atoms with Crippen molar-refractivity contribution in [3.63, 3.8) is 0 Å². The van der Waals surface area contributed by atoms with Crippen LogP contribution in [0.3, 0.4) is 0 Å². The molecule has 1 saturated carbocycles. The number of rotatable bonds is 2. The van der Waals surface area contributed by atoms with Crippen LogP contribution in [0.15, 0.2) is 36.4 Å². The zero-order valence-corrected chi connectivity index (χ0v) is 9.79. The Morgan fingerprint density at radius 2 is 2.00 bits per heavy atom. The Bertz CT molecular complexity index is 462. The predicted octanol–water partition coefficient (Wildman–Crippen LogP) is 2.93. The summed E-state index contributed by atoms with van der Waals surface area (Å²) in [6.45, 7) is 6.57. The first-order valence-corrected chi connectivity index (χ1v) is 6.01.